The molecule has 8 nitrogen and oxygen atoms in total. The summed E-state index contributed by atoms with van der Waals surface area (Å²) < 4.78 is 5.64. The van der Waals surface area contributed by atoms with Gasteiger partial charge in [-0.15, -0.1) is 0 Å². The molecule has 0 radical (unpaired) electrons. The fourth-order valence-electron chi connectivity index (χ4n) is 2.28. The first-order valence-corrected chi connectivity index (χ1v) is 8.91. The van der Waals surface area contributed by atoms with Crippen LogP contribution in [0, 0.1) is 10.1 Å². The third kappa shape index (κ3) is 4.04. The molecular weight excluding hydrogens is 394 g/mol. The number of anilines is 1. The topological polar surface area (TPSA) is 111 Å². The Morgan fingerprint density at radius 1 is 1.30 bits per heavy atom. The molecule has 0 saturated carbocycles. The van der Waals surface area contributed by atoms with Crippen molar-refractivity contribution < 1.29 is 19.2 Å². The monoisotopic (exact) mass is 405 g/mol. The number of nitro benzene ring substituents is 1. The Balaban J connectivity index is 1.86. The zero-order valence-electron chi connectivity index (χ0n) is 13.9. The van der Waals surface area contributed by atoms with Crippen LogP contribution in [0.4, 0.5) is 10.8 Å². The molecule has 0 fully saturated rings. The predicted octanol–water partition coefficient (Wildman–Crippen LogP) is 4.29. The smallest absolute Gasteiger partial charge is 0.338 e. The fourth-order valence-corrected chi connectivity index (χ4v) is 3.39. The van der Waals surface area contributed by atoms with Crippen LogP contribution in [0.1, 0.15) is 27.6 Å². The molecule has 0 aliphatic rings. The van der Waals surface area contributed by atoms with Gasteiger partial charge in [0.15, 0.2) is 5.13 Å². The molecule has 3 rings (SSSR count). The number of halogens is 1. The van der Waals surface area contributed by atoms with Crippen molar-refractivity contribution in [2.45, 2.75) is 6.92 Å². The van der Waals surface area contributed by atoms with Crippen molar-refractivity contribution in [3.63, 3.8) is 0 Å². The zero-order valence-corrected chi connectivity index (χ0v) is 15.5. The summed E-state index contributed by atoms with van der Waals surface area (Å²) in [6.45, 7) is 1.99. The van der Waals surface area contributed by atoms with E-state index in [1.165, 1.54) is 12.1 Å². The van der Waals surface area contributed by atoms with E-state index in [9.17, 15) is 19.7 Å². The van der Waals surface area contributed by atoms with Crippen LogP contribution >= 0.6 is 22.9 Å². The summed E-state index contributed by atoms with van der Waals surface area (Å²) in [6.07, 6.45) is 0. The molecule has 1 aromatic heterocycles. The van der Waals surface area contributed by atoms with Gasteiger partial charge in [0.2, 0.25) is 0 Å². The Labute approximate surface area is 161 Å². The lowest BCUT2D eigenvalue weighted by molar-refractivity contribution is -0.384. The van der Waals surface area contributed by atoms with Gasteiger partial charge in [-0.25, -0.2) is 9.78 Å². The van der Waals surface area contributed by atoms with Crippen LogP contribution in [0.25, 0.3) is 10.2 Å². The van der Waals surface area contributed by atoms with Gasteiger partial charge in [0.1, 0.15) is 0 Å². The molecule has 0 unspecified atom stereocenters. The van der Waals surface area contributed by atoms with Gasteiger partial charge >= 0.3 is 5.97 Å². The standard InChI is InChI=1S/C17H12ClN3O5S/c1-2-26-16(23)9-3-6-13-14(7-9)27-17(19-13)20-15(22)11-8-10(21(24)25)4-5-12(11)18/h3-8H,2H2,1H3,(H,19,20,22). The van der Waals surface area contributed by atoms with Crippen molar-refractivity contribution in [1.29, 1.82) is 0 Å². The number of ether oxygens (including phenoxy) is 1. The maximum Gasteiger partial charge on any atom is 0.338 e. The molecule has 2 aromatic carbocycles. The summed E-state index contributed by atoms with van der Waals surface area (Å²) in [5.74, 6) is -1.06. The minimum Gasteiger partial charge on any atom is -0.462 e. The number of carbonyl (C=O) groups excluding carboxylic acids is 2. The number of nitrogens with zero attached hydrogens (tertiary/aromatic N) is 2. The van der Waals surface area contributed by atoms with E-state index >= 15 is 0 Å². The van der Waals surface area contributed by atoms with Gasteiger partial charge in [0, 0.05) is 12.1 Å². The summed E-state index contributed by atoms with van der Waals surface area (Å²) >= 11 is 7.13. The number of hydrogen-bond acceptors (Lipinski definition) is 7. The van der Waals surface area contributed by atoms with Crippen molar-refractivity contribution in [1.82, 2.24) is 4.98 Å². The second-order valence-corrected chi connectivity index (χ2v) is 6.74. The molecule has 0 saturated heterocycles. The van der Waals surface area contributed by atoms with Crippen LogP contribution in [0.3, 0.4) is 0 Å². The molecule has 0 spiro atoms. The first-order chi connectivity index (χ1) is 12.9. The number of fused-ring (bicyclic) bond motifs is 1. The van der Waals surface area contributed by atoms with Crippen LogP contribution in [-0.2, 0) is 4.74 Å². The molecule has 10 heteroatoms. The number of thiazole rings is 1. The number of aromatic nitrogens is 1. The molecule has 0 bridgehead atoms. The van der Waals surface area contributed by atoms with Crippen LogP contribution < -0.4 is 5.32 Å². The highest BCUT2D eigenvalue weighted by Crippen LogP contribution is 2.29. The first-order valence-electron chi connectivity index (χ1n) is 7.72. The van der Waals surface area contributed by atoms with Crippen LogP contribution in [0.15, 0.2) is 36.4 Å². The minimum absolute atomic E-state index is 0.0302. The normalized spacial score (nSPS) is 10.6. The minimum atomic E-state index is -0.617. The number of nitro groups is 1. The molecule has 138 valence electrons. The van der Waals surface area contributed by atoms with Crippen LogP contribution in [0.2, 0.25) is 5.02 Å². The predicted molar refractivity (Wildman–Crippen MR) is 102 cm³/mol. The number of carbonyl (C=O) groups is 2. The van der Waals surface area contributed by atoms with E-state index in [0.717, 1.165) is 17.4 Å². The zero-order chi connectivity index (χ0) is 19.6. The van der Waals surface area contributed by atoms with E-state index in [1.807, 2.05) is 0 Å². The summed E-state index contributed by atoms with van der Waals surface area (Å²) in [7, 11) is 0. The van der Waals surface area contributed by atoms with Crippen molar-refractivity contribution in [2.24, 2.45) is 0 Å². The van der Waals surface area contributed by atoms with E-state index in [0.29, 0.717) is 15.8 Å². The molecule has 0 aliphatic heterocycles. The maximum absolute atomic E-state index is 12.4. The maximum atomic E-state index is 12.4. The van der Waals surface area contributed by atoms with Crippen molar-refractivity contribution in [3.8, 4) is 0 Å². The molecule has 27 heavy (non-hydrogen) atoms. The molecule has 0 atom stereocenters. The highest BCUT2D eigenvalue weighted by molar-refractivity contribution is 7.22. The molecule has 1 amide bonds. The number of non-ortho nitro benzene ring substituents is 1. The van der Waals surface area contributed by atoms with Gasteiger partial charge in [0.25, 0.3) is 11.6 Å². The second-order valence-electron chi connectivity index (χ2n) is 5.30. The lowest BCUT2D eigenvalue weighted by Crippen LogP contribution is -2.12. The van der Waals surface area contributed by atoms with Crippen LogP contribution in [0.5, 0.6) is 0 Å². The average Bonchev–Trinajstić information content (AvgIpc) is 3.03. The van der Waals surface area contributed by atoms with Gasteiger partial charge in [-0.1, -0.05) is 22.9 Å². The number of amides is 1. The van der Waals surface area contributed by atoms with Crippen LogP contribution in [-0.4, -0.2) is 28.4 Å². The Morgan fingerprint density at radius 2 is 2.07 bits per heavy atom. The quantitative estimate of drug-likeness (QED) is 0.385. The lowest BCUT2D eigenvalue weighted by Gasteiger charge is -2.03. The summed E-state index contributed by atoms with van der Waals surface area (Å²) in [4.78, 5) is 38.8. The molecule has 1 heterocycles. The van der Waals surface area contributed by atoms with Crippen molar-refractivity contribution in [2.75, 3.05) is 11.9 Å². The Bertz CT molecular complexity index is 1070. The average molecular weight is 406 g/mol. The summed E-state index contributed by atoms with van der Waals surface area (Å²) in [5.41, 5.74) is 0.700. The molecule has 3 aromatic rings. The molecule has 1 N–H and O–H groups in total. The summed E-state index contributed by atoms with van der Waals surface area (Å²) in [5, 5.41) is 13.8. The lowest BCUT2D eigenvalue weighted by atomic mass is 10.2. The highest BCUT2D eigenvalue weighted by atomic mass is 35.5. The van der Waals surface area contributed by atoms with Crippen molar-refractivity contribution in [3.05, 3.63) is 62.7 Å². The van der Waals surface area contributed by atoms with Gasteiger partial charge in [0.05, 0.1) is 37.9 Å². The summed E-state index contributed by atoms with van der Waals surface area (Å²) in [6, 6.07) is 8.47. The fraction of sp³-hybridized carbons (Fsp3) is 0.118. The van der Waals surface area contributed by atoms with E-state index in [2.05, 4.69) is 10.3 Å². The Kier molecular flexibility index (Phi) is 5.33. The first kappa shape index (κ1) is 18.7. The van der Waals surface area contributed by atoms with E-state index in [1.54, 1.807) is 25.1 Å². The van der Waals surface area contributed by atoms with Gasteiger partial charge in [-0.3, -0.25) is 20.2 Å². The number of rotatable bonds is 5. The van der Waals surface area contributed by atoms with Crippen molar-refractivity contribution >= 4 is 55.8 Å². The Hall–Kier alpha value is -3.04. The van der Waals surface area contributed by atoms with E-state index < -0.39 is 16.8 Å². The number of nitrogens with one attached hydrogen (secondary N) is 1. The number of hydrogen-bond donors (Lipinski definition) is 1. The van der Waals surface area contributed by atoms with Gasteiger partial charge in [-0.2, -0.15) is 0 Å². The number of benzene rings is 2. The number of esters is 1. The highest BCUT2D eigenvalue weighted by Gasteiger charge is 2.18. The van der Waals surface area contributed by atoms with Gasteiger partial charge in [-0.05, 0) is 31.2 Å². The van der Waals surface area contributed by atoms with E-state index in [4.69, 9.17) is 16.3 Å². The SMILES string of the molecule is CCOC(=O)c1ccc2nc(NC(=O)c3cc([N+](=O)[O-])ccc3Cl)sc2c1. The largest absolute Gasteiger partial charge is 0.462 e. The van der Waals surface area contributed by atoms with E-state index in [-0.39, 0.29) is 28.0 Å². The second kappa shape index (κ2) is 7.68. The third-order valence-corrected chi connectivity index (χ3v) is 4.79. The Morgan fingerprint density at radius 3 is 2.78 bits per heavy atom. The molecular formula is C17H12ClN3O5S. The third-order valence-electron chi connectivity index (χ3n) is 3.53. The molecule has 0 aliphatic carbocycles. The van der Waals surface area contributed by atoms with Gasteiger partial charge < -0.3 is 4.74 Å².